The van der Waals surface area contributed by atoms with E-state index in [1.54, 1.807) is 18.2 Å². The molecule has 0 amide bonds. The number of guanidine groups is 1. The molecule has 5 heteroatoms. The molecule has 0 fully saturated rings. The Balaban J connectivity index is 2.20. The maximum absolute atomic E-state index is 6.07. The molecule has 0 bridgehead atoms. The minimum Gasteiger partial charge on any atom is -0.369 e. The first-order chi connectivity index (χ1) is 9.60. The lowest BCUT2D eigenvalue weighted by molar-refractivity contribution is 1.14. The van der Waals surface area contributed by atoms with E-state index in [-0.39, 0.29) is 5.96 Å². The first kappa shape index (κ1) is 14.7. The van der Waals surface area contributed by atoms with Gasteiger partial charge in [-0.15, -0.1) is 0 Å². The second-order valence-electron chi connectivity index (χ2n) is 4.25. The summed E-state index contributed by atoms with van der Waals surface area (Å²) in [5.74, 6) is 0.266. The Kier molecular flexibility index (Phi) is 4.88. The highest BCUT2D eigenvalue weighted by Gasteiger charge is 2.04. The molecule has 104 valence electrons. The fourth-order valence-electron chi connectivity index (χ4n) is 1.75. The van der Waals surface area contributed by atoms with Gasteiger partial charge in [-0.2, -0.15) is 0 Å². The molecule has 20 heavy (non-hydrogen) atoms. The van der Waals surface area contributed by atoms with Crippen molar-refractivity contribution in [1.29, 1.82) is 0 Å². The monoisotopic (exact) mass is 307 g/mol. The molecule has 2 aromatic carbocycles. The topological polar surface area (TPSA) is 50.4 Å². The van der Waals surface area contributed by atoms with E-state index in [4.69, 9.17) is 28.9 Å². The summed E-state index contributed by atoms with van der Waals surface area (Å²) in [5, 5.41) is 3.88. The molecule has 0 aliphatic heterocycles. The molecule has 2 rings (SSSR count). The number of aliphatic imine (C=N–C) groups is 1. The Morgan fingerprint density at radius 3 is 2.70 bits per heavy atom. The van der Waals surface area contributed by atoms with Crippen LogP contribution < -0.4 is 11.1 Å². The summed E-state index contributed by atoms with van der Waals surface area (Å²) in [6.07, 6.45) is 0.965. The van der Waals surface area contributed by atoms with E-state index >= 15 is 0 Å². The van der Waals surface area contributed by atoms with Gasteiger partial charge in [0.05, 0.1) is 15.7 Å². The Morgan fingerprint density at radius 1 is 1.20 bits per heavy atom. The zero-order chi connectivity index (χ0) is 14.5. The van der Waals surface area contributed by atoms with E-state index in [1.165, 1.54) is 5.56 Å². The van der Waals surface area contributed by atoms with E-state index in [0.717, 1.165) is 12.1 Å². The van der Waals surface area contributed by atoms with Crippen LogP contribution in [0.4, 0.5) is 11.4 Å². The van der Waals surface area contributed by atoms with Crippen molar-refractivity contribution in [3.05, 3.63) is 58.1 Å². The second kappa shape index (κ2) is 6.64. The molecule has 0 spiro atoms. The van der Waals surface area contributed by atoms with Crippen LogP contribution >= 0.6 is 23.2 Å². The van der Waals surface area contributed by atoms with Crippen molar-refractivity contribution in [1.82, 2.24) is 0 Å². The first-order valence-corrected chi connectivity index (χ1v) is 7.00. The molecule has 0 heterocycles. The Labute approximate surface area is 128 Å². The summed E-state index contributed by atoms with van der Waals surface area (Å²) < 4.78 is 0. The average molecular weight is 308 g/mol. The van der Waals surface area contributed by atoms with Crippen molar-refractivity contribution in [2.45, 2.75) is 13.3 Å². The SMILES string of the molecule is CCc1cccc(NC(N)=Nc2cccc(Cl)c2Cl)c1. The number of nitrogens with zero attached hydrogens (tertiary/aromatic N) is 1. The third kappa shape index (κ3) is 3.65. The molecular weight excluding hydrogens is 293 g/mol. The van der Waals surface area contributed by atoms with Gasteiger partial charge in [-0.1, -0.05) is 48.3 Å². The van der Waals surface area contributed by atoms with Crippen LogP contribution in [-0.4, -0.2) is 5.96 Å². The largest absolute Gasteiger partial charge is 0.369 e. The number of aryl methyl sites for hydroxylation is 1. The normalized spacial score (nSPS) is 11.4. The first-order valence-electron chi connectivity index (χ1n) is 6.24. The van der Waals surface area contributed by atoms with Crippen molar-refractivity contribution in [3.63, 3.8) is 0 Å². The third-order valence-electron chi connectivity index (χ3n) is 2.78. The third-order valence-corrected chi connectivity index (χ3v) is 3.59. The minimum atomic E-state index is 0.266. The quantitative estimate of drug-likeness (QED) is 0.642. The molecule has 0 saturated carbocycles. The number of halogens is 2. The number of nitrogens with two attached hydrogens (primary N) is 1. The van der Waals surface area contributed by atoms with E-state index in [2.05, 4.69) is 23.3 Å². The molecule has 3 nitrogen and oxygen atoms in total. The summed E-state index contributed by atoms with van der Waals surface area (Å²) in [4.78, 5) is 4.24. The van der Waals surface area contributed by atoms with Crippen LogP contribution in [0.5, 0.6) is 0 Å². The highest BCUT2D eigenvalue weighted by atomic mass is 35.5. The maximum atomic E-state index is 6.07. The minimum absolute atomic E-state index is 0.266. The van der Waals surface area contributed by atoms with Gasteiger partial charge in [0.15, 0.2) is 5.96 Å². The van der Waals surface area contributed by atoms with Gasteiger partial charge in [0.1, 0.15) is 0 Å². The van der Waals surface area contributed by atoms with Crippen molar-refractivity contribution in [2.24, 2.45) is 10.7 Å². The van der Waals surface area contributed by atoms with E-state index in [0.29, 0.717) is 15.7 Å². The van der Waals surface area contributed by atoms with Crippen LogP contribution in [0.1, 0.15) is 12.5 Å². The highest BCUT2D eigenvalue weighted by molar-refractivity contribution is 6.43. The summed E-state index contributed by atoms with van der Waals surface area (Å²) >= 11 is 12.0. The van der Waals surface area contributed by atoms with Crippen LogP contribution in [-0.2, 0) is 6.42 Å². The zero-order valence-corrected chi connectivity index (χ0v) is 12.5. The van der Waals surface area contributed by atoms with Gasteiger partial charge in [-0.3, -0.25) is 0 Å². The number of hydrogen-bond donors (Lipinski definition) is 2. The molecule has 2 aromatic rings. The maximum Gasteiger partial charge on any atom is 0.198 e. The number of rotatable bonds is 3. The molecule has 0 aliphatic rings. The summed E-state index contributed by atoms with van der Waals surface area (Å²) in [6, 6.07) is 13.2. The Hall–Kier alpha value is -1.71. The van der Waals surface area contributed by atoms with Crippen LogP contribution in [0.15, 0.2) is 47.5 Å². The molecule has 0 saturated heterocycles. The molecule has 3 N–H and O–H groups in total. The number of nitrogens with one attached hydrogen (secondary N) is 1. The van der Waals surface area contributed by atoms with Crippen molar-refractivity contribution < 1.29 is 0 Å². The standard InChI is InChI=1S/C15H15Cl2N3/c1-2-10-5-3-6-11(9-10)19-15(18)20-13-8-4-7-12(16)14(13)17/h3-9H,2H2,1H3,(H3,18,19,20). The summed E-state index contributed by atoms with van der Waals surface area (Å²) in [6.45, 7) is 2.10. The number of anilines is 1. The molecule has 0 radical (unpaired) electrons. The fourth-order valence-corrected chi connectivity index (χ4v) is 2.09. The van der Waals surface area contributed by atoms with Gasteiger partial charge in [-0.25, -0.2) is 4.99 Å². The Morgan fingerprint density at radius 2 is 1.95 bits per heavy atom. The summed E-state index contributed by atoms with van der Waals surface area (Å²) in [5.41, 5.74) is 8.54. The van der Waals surface area contributed by atoms with Crippen LogP contribution in [0.2, 0.25) is 10.0 Å². The number of hydrogen-bond acceptors (Lipinski definition) is 1. The van der Waals surface area contributed by atoms with Gasteiger partial charge in [0.2, 0.25) is 0 Å². The molecule has 0 atom stereocenters. The van der Waals surface area contributed by atoms with Crippen molar-refractivity contribution in [3.8, 4) is 0 Å². The molecule has 0 aliphatic carbocycles. The van der Waals surface area contributed by atoms with Gasteiger partial charge in [0.25, 0.3) is 0 Å². The lowest BCUT2D eigenvalue weighted by atomic mass is 10.1. The van der Waals surface area contributed by atoms with Crippen molar-refractivity contribution >= 4 is 40.5 Å². The van der Waals surface area contributed by atoms with Gasteiger partial charge in [-0.05, 0) is 36.2 Å². The highest BCUT2D eigenvalue weighted by Crippen LogP contribution is 2.31. The van der Waals surface area contributed by atoms with Crippen LogP contribution in [0.25, 0.3) is 0 Å². The van der Waals surface area contributed by atoms with Gasteiger partial charge in [0, 0.05) is 5.69 Å². The lowest BCUT2D eigenvalue weighted by Gasteiger charge is -2.08. The van der Waals surface area contributed by atoms with Gasteiger partial charge >= 0.3 is 0 Å². The smallest absolute Gasteiger partial charge is 0.198 e. The molecule has 0 aromatic heterocycles. The van der Waals surface area contributed by atoms with E-state index in [9.17, 15) is 0 Å². The predicted octanol–water partition coefficient (Wildman–Crippen LogP) is 4.61. The van der Waals surface area contributed by atoms with E-state index in [1.807, 2.05) is 18.2 Å². The molecular formula is C15H15Cl2N3. The average Bonchev–Trinajstić information content (AvgIpc) is 2.44. The fraction of sp³-hybridized carbons (Fsp3) is 0.133. The Bertz CT molecular complexity index is 639. The molecule has 0 unspecified atom stereocenters. The second-order valence-corrected chi connectivity index (χ2v) is 5.03. The predicted molar refractivity (Wildman–Crippen MR) is 87.2 cm³/mol. The van der Waals surface area contributed by atoms with Gasteiger partial charge < -0.3 is 11.1 Å². The number of benzene rings is 2. The lowest BCUT2D eigenvalue weighted by Crippen LogP contribution is -2.22. The zero-order valence-electron chi connectivity index (χ0n) is 11.0. The van der Waals surface area contributed by atoms with Crippen molar-refractivity contribution in [2.75, 3.05) is 5.32 Å². The summed E-state index contributed by atoms with van der Waals surface area (Å²) in [7, 11) is 0. The van der Waals surface area contributed by atoms with E-state index < -0.39 is 0 Å². The van der Waals surface area contributed by atoms with Crippen LogP contribution in [0.3, 0.4) is 0 Å². The van der Waals surface area contributed by atoms with Crippen LogP contribution in [0, 0.1) is 0 Å².